The Morgan fingerprint density at radius 3 is 1.83 bits per heavy atom. The van der Waals surface area contributed by atoms with Crippen LogP contribution in [0.25, 0.3) is 0 Å². The molecule has 106 valence electrons. The fourth-order valence-corrected chi connectivity index (χ4v) is 1.04. The molecule has 0 aliphatic carbocycles. The van der Waals surface area contributed by atoms with Gasteiger partial charge in [0, 0.05) is 13.0 Å². The van der Waals surface area contributed by atoms with E-state index >= 15 is 0 Å². The lowest BCUT2D eigenvalue weighted by Crippen LogP contribution is -2.48. The van der Waals surface area contributed by atoms with Gasteiger partial charge in [-0.2, -0.15) is 26.3 Å². The van der Waals surface area contributed by atoms with Crippen molar-refractivity contribution in [2.45, 2.75) is 25.2 Å². The number of hydrogen-bond acceptors (Lipinski definition) is 2. The normalized spacial score (nSPS) is 12.6. The Morgan fingerprint density at radius 2 is 1.50 bits per heavy atom. The van der Waals surface area contributed by atoms with E-state index in [2.05, 4.69) is 0 Å². The smallest absolute Gasteiger partial charge is 0.409 e. The molecule has 0 atom stereocenters. The maximum absolute atomic E-state index is 12.0. The molecule has 4 nitrogen and oxygen atoms in total. The molecule has 18 heavy (non-hydrogen) atoms. The number of rotatable bonds is 5. The van der Waals surface area contributed by atoms with E-state index in [9.17, 15) is 35.9 Å². The largest absolute Gasteiger partial charge is 0.481 e. The minimum Gasteiger partial charge on any atom is -0.481 e. The molecule has 0 rings (SSSR count). The number of aliphatic carboxylic acids is 1. The summed E-state index contributed by atoms with van der Waals surface area (Å²) in [6.07, 6.45) is -12.2. The van der Waals surface area contributed by atoms with Crippen LogP contribution in [0.1, 0.15) is 12.8 Å². The second-order valence-electron chi connectivity index (χ2n) is 3.30. The van der Waals surface area contributed by atoms with Crippen molar-refractivity contribution in [2.24, 2.45) is 5.92 Å². The van der Waals surface area contributed by atoms with E-state index in [0.29, 0.717) is 0 Å². The Labute approximate surface area is 97.0 Å². The molecule has 0 bridgehead atoms. The summed E-state index contributed by atoms with van der Waals surface area (Å²) in [5, 5.41) is 9.58. The maximum Gasteiger partial charge on any atom is 0.409 e. The van der Waals surface area contributed by atoms with E-state index in [4.69, 9.17) is 5.11 Å². The van der Waals surface area contributed by atoms with Crippen LogP contribution in [-0.2, 0) is 9.59 Å². The number of carbonyl (C=O) groups excluding carboxylic acids is 1. The van der Waals surface area contributed by atoms with Crippen molar-refractivity contribution in [1.82, 2.24) is 5.32 Å². The summed E-state index contributed by atoms with van der Waals surface area (Å²) < 4.78 is 72.2. The van der Waals surface area contributed by atoms with Gasteiger partial charge >= 0.3 is 18.3 Å². The third kappa shape index (κ3) is 5.73. The van der Waals surface area contributed by atoms with Crippen LogP contribution in [0.3, 0.4) is 0 Å². The monoisotopic (exact) mass is 281 g/mol. The number of nitrogens with one attached hydrogen (secondary N) is 1. The summed E-state index contributed by atoms with van der Waals surface area (Å²) in [6.45, 7) is -0.576. The molecule has 0 aromatic rings. The van der Waals surface area contributed by atoms with Crippen LogP contribution >= 0.6 is 0 Å². The summed E-state index contributed by atoms with van der Waals surface area (Å²) in [4.78, 5) is 20.8. The molecule has 0 radical (unpaired) electrons. The van der Waals surface area contributed by atoms with Crippen molar-refractivity contribution in [3.8, 4) is 0 Å². The van der Waals surface area contributed by atoms with Gasteiger partial charge in [-0.15, -0.1) is 0 Å². The number of carboxylic acids is 1. The highest BCUT2D eigenvalue weighted by Gasteiger charge is 2.60. The summed E-state index contributed by atoms with van der Waals surface area (Å²) in [6, 6.07) is 0. The molecule has 0 heterocycles. The lowest BCUT2D eigenvalue weighted by Gasteiger charge is -2.21. The van der Waals surface area contributed by atoms with E-state index in [-0.39, 0.29) is 6.42 Å². The molecule has 0 aliphatic heterocycles. The molecule has 2 N–H and O–H groups in total. The van der Waals surface area contributed by atoms with Gasteiger partial charge < -0.3 is 10.4 Å². The number of hydrogen-bond donors (Lipinski definition) is 2. The molecular weight excluding hydrogens is 272 g/mol. The molecule has 0 saturated carbocycles. The number of halogens is 6. The lowest BCUT2D eigenvalue weighted by atomic mass is 10.1. The topological polar surface area (TPSA) is 66.4 Å². The van der Waals surface area contributed by atoms with E-state index < -0.39 is 43.1 Å². The first-order valence-corrected chi connectivity index (χ1v) is 4.59. The molecule has 0 saturated heterocycles. The predicted octanol–water partition coefficient (Wildman–Crippen LogP) is 1.71. The van der Waals surface area contributed by atoms with Gasteiger partial charge in [-0.1, -0.05) is 0 Å². The van der Waals surface area contributed by atoms with Crippen LogP contribution in [0, 0.1) is 5.92 Å². The van der Waals surface area contributed by atoms with Gasteiger partial charge in [0.1, 0.15) is 0 Å². The molecule has 0 fully saturated rings. The third-order valence-electron chi connectivity index (χ3n) is 1.78. The van der Waals surface area contributed by atoms with Crippen LogP contribution in [-0.4, -0.2) is 35.9 Å². The second kappa shape index (κ2) is 5.91. The van der Waals surface area contributed by atoms with Crippen LogP contribution in [0.15, 0.2) is 0 Å². The third-order valence-corrected chi connectivity index (χ3v) is 1.78. The first-order valence-electron chi connectivity index (χ1n) is 4.59. The minimum absolute atomic E-state index is 0.260. The predicted molar refractivity (Wildman–Crippen MR) is 45.5 cm³/mol. The van der Waals surface area contributed by atoms with Gasteiger partial charge in [-0.25, -0.2) is 0 Å². The second-order valence-corrected chi connectivity index (χ2v) is 3.30. The Hall–Kier alpha value is -1.48. The van der Waals surface area contributed by atoms with Crippen molar-refractivity contribution in [1.29, 1.82) is 0 Å². The van der Waals surface area contributed by atoms with Gasteiger partial charge in [0.05, 0.1) is 0 Å². The molecular formula is C8H9F6NO3. The highest BCUT2D eigenvalue weighted by molar-refractivity contribution is 5.80. The Balaban J connectivity index is 4.47. The van der Waals surface area contributed by atoms with Gasteiger partial charge in [-0.05, 0) is 6.42 Å². The standard InChI is InChI=1S/C8H9F6NO3/c9-7(10,11)5(8(12,13)14)6(18)15-3-1-2-4(16)17/h5H,1-3H2,(H,15,18)(H,16,17). The molecule has 0 spiro atoms. The van der Waals surface area contributed by atoms with E-state index in [1.807, 2.05) is 0 Å². The fraction of sp³-hybridized carbons (Fsp3) is 0.750. The molecule has 10 heteroatoms. The highest BCUT2D eigenvalue weighted by atomic mass is 19.4. The quantitative estimate of drug-likeness (QED) is 0.595. The van der Waals surface area contributed by atoms with Gasteiger partial charge in [0.2, 0.25) is 11.8 Å². The van der Waals surface area contributed by atoms with Crippen LogP contribution in [0.4, 0.5) is 26.3 Å². The molecule has 0 aromatic carbocycles. The van der Waals surface area contributed by atoms with E-state index in [0.717, 1.165) is 0 Å². The van der Waals surface area contributed by atoms with Crippen molar-refractivity contribution in [3.05, 3.63) is 0 Å². The van der Waals surface area contributed by atoms with Crippen molar-refractivity contribution in [3.63, 3.8) is 0 Å². The molecule has 0 aliphatic rings. The summed E-state index contributed by atoms with van der Waals surface area (Å²) in [7, 11) is 0. The zero-order valence-corrected chi connectivity index (χ0v) is 8.73. The summed E-state index contributed by atoms with van der Waals surface area (Å²) in [5.74, 6) is -7.61. The van der Waals surface area contributed by atoms with Gasteiger partial charge in [-0.3, -0.25) is 9.59 Å². The Kier molecular flexibility index (Phi) is 5.43. The number of alkyl halides is 6. The SMILES string of the molecule is O=C(O)CCCNC(=O)C(C(F)(F)F)C(F)(F)F. The fourth-order valence-electron chi connectivity index (χ4n) is 1.04. The number of amides is 1. The number of carbonyl (C=O) groups is 2. The van der Waals surface area contributed by atoms with Gasteiger partial charge in [0.15, 0.2) is 0 Å². The molecule has 0 unspecified atom stereocenters. The summed E-state index contributed by atoms with van der Waals surface area (Å²) in [5.41, 5.74) is 0. The lowest BCUT2D eigenvalue weighted by molar-refractivity contribution is -0.274. The van der Waals surface area contributed by atoms with Crippen LogP contribution in [0.2, 0.25) is 0 Å². The Bertz CT molecular complexity index is 297. The zero-order valence-electron chi connectivity index (χ0n) is 8.73. The van der Waals surface area contributed by atoms with Crippen LogP contribution in [0.5, 0.6) is 0 Å². The average molecular weight is 281 g/mol. The number of carboxylic acid groups (broad SMARTS) is 1. The average Bonchev–Trinajstić information content (AvgIpc) is 2.06. The van der Waals surface area contributed by atoms with Crippen LogP contribution < -0.4 is 5.32 Å². The molecule has 0 aromatic heterocycles. The van der Waals surface area contributed by atoms with Crippen molar-refractivity contribution in [2.75, 3.05) is 6.54 Å². The van der Waals surface area contributed by atoms with Crippen molar-refractivity contribution < 1.29 is 41.0 Å². The maximum atomic E-state index is 12.0. The molecule has 1 amide bonds. The highest BCUT2D eigenvalue weighted by Crippen LogP contribution is 2.39. The van der Waals surface area contributed by atoms with Gasteiger partial charge in [0.25, 0.3) is 0 Å². The zero-order chi connectivity index (χ0) is 14.6. The first kappa shape index (κ1) is 16.5. The van der Waals surface area contributed by atoms with E-state index in [1.165, 1.54) is 5.32 Å². The van der Waals surface area contributed by atoms with E-state index in [1.54, 1.807) is 0 Å². The minimum atomic E-state index is -5.74. The van der Waals surface area contributed by atoms with Crippen molar-refractivity contribution >= 4 is 11.9 Å². The Morgan fingerprint density at radius 1 is 1.06 bits per heavy atom. The first-order chi connectivity index (χ1) is 7.96. The summed E-state index contributed by atoms with van der Waals surface area (Å²) >= 11 is 0.